The van der Waals surface area contributed by atoms with Crippen LogP contribution in [0.1, 0.15) is 98.2 Å². The SMILES string of the molecule is CC(CCCc1ccc(CSc2cccc3c2CN(C2CCC(=O)NC2=O)C3=O)cc1)C12CC3CC(CC(C3)C1)C2. The molecule has 0 spiro atoms. The third-order valence-corrected chi connectivity index (χ3v) is 12.4. The molecule has 0 radical (unpaired) electrons. The van der Waals surface area contributed by atoms with E-state index in [1.165, 1.54) is 62.5 Å². The van der Waals surface area contributed by atoms with Gasteiger partial charge in [0.15, 0.2) is 0 Å². The number of carbonyl (C=O) groups is 3. The van der Waals surface area contributed by atoms with Crippen LogP contribution in [-0.2, 0) is 28.3 Å². The molecule has 4 saturated carbocycles. The highest BCUT2D eigenvalue weighted by molar-refractivity contribution is 7.98. The van der Waals surface area contributed by atoms with Crippen LogP contribution in [0.2, 0.25) is 0 Å². The average Bonchev–Trinajstić information content (AvgIpc) is 3.28. The number of imide groups is 1. The van der Waals surface area contributed by atoms with Crippen molar-refractivity contribution in [3.63, 3.8) is 0 Å². The predicted molar refractivity (Wildman–Crippen MR) is 161 cm³/mol. The monoisotopic (exact) mass is 570 g/mol. The molecule has 5 nitrogen and oxygen atoms in total. The molecule has 2 aliphatic heterocycles. The first-order valence-electron chi connectivity index (χ1n) is 15.8. The van der Waals surface area contributed by atoms with Gasteiger partial charge < -0.3 is 4.90 Å². The maximum atomic E-state index is 13.1. The van der Waals surface area contributed by atoms with E-state index in [0.29, 0.717) is 23.9 Å². The van der Waals surface area contributed by atoms with Gasteiger partial charge in [0.1, 0.15) is 6.04 Å². The maximum Gasteiger partial charge on any atom is 0.255 e. The van der Waals surface area contributed by atoms with Crippen molar-refractivity contribution >= 4 is 29.5 Å². The van der Waals surface area contributed by atoms with Crippen molar-refractivity contribution in [1.82, 2.24) is 10.2 Å². The normalized spacial score (nSPS) is 31.0. The Hall–Kier alpha value is -2.60. The second-order valence-corrected chi connectivity index (χ2v) is 14.9. The molecule has 2 aromatic carbocycles. The van der Waals surface area contributed by atoms with Crippen molar-refractivity contribution in [3.8, 4) is 0 Å². The molecule has 6 aliphatic rings. The van der Waals surface area contributed by atoms with Crippen LogP contribution in [-0.4, -0.2) is 28.7 Å². The number of aryl methyl sites for hydroxylation is 1. The first kappa shape index (κ1) is 27.2. The molecule has 2 atom stereocenters. The minimum atomic E-state index is -0.575. The van der Waals surface area contributed by atoms with Crippen LogP contribution in [0.15, 0.2) is 47.4 Å². The number of thioether (sulfide) groups is 1. The Balaban J connectivity index is 0.920. The zero-order valence-corrected chi connectivity index (χ0v) is 25.0. The number of benzene rings is 2. The van der Waals surface area contributed by atoms with Crippen LogP contribution < -0.4 is 5.32 Å². The lowest BCUT2D eigenvalue weighted by Crippen LogP contribution is -2.52. The molecule has 2 aromatic rings. The summed E-state index contributed by atoms with van der Waals surface area (Å²) in [6.07, 6.45) is 13.6. The molecule has 2 heterocycles. The number of hydrogen-bond acceptors (Lipinski definition) is 4. The largest absolute Gasteiger partial charge is 0.322 e. The second kappa shape index (κ2) is 10.9. The molecule has 41 heavy (non-hydrogen) atoms. The number of fused-ring (bicyclic) bond motifs is 1. The van der Waals surface area contributed by atoms with E-state index in [-0.39, 0.29) is 24.1 Å². The molecule has 5 fully saturated rings. The Labute approximate surface area is 248 Å². The van der Waals surface area contributed by atoms with E-state index in [2.05, 4.69) is 42.6 Å². The molecular formula is C35H42N2O3S. The van der Waals surface area contributed by atoms with Crippen molar-refractivity contribution in [2.24, 2.45) is 29.1 Å². The molecule has 2 unspecified atom stereocenters. The smallest absolute Gasteiger partial charge is 0.255 e. The zero-order valence-electron chi connectivity index (χ0n) is 24.2. The average molecular weight is 571 g/mol. The number of carbonyl (C=O) groups excluding carboxylic acids is 3. The fraction of sp³-hybridized carbons (Fsp3) is 0.571. The topological polar surface area (TPSA) is 66.5 Å². The van der Waals surface area contributed by atoms with Gasteiger partial charge in [-0.05, 0) is 122 Å². The zero-order chi connectivity index (χ0) is 28.1. The highest BCUT2D eigenvalue weighted by Gasteiger charge is 2.52. The quantitative estimate of drug-likeness (QED) is 0.263. The summed E-state index contributed by atoms with van der Waals surface area (Å²) in [6, 6.07) is 14.4. The predicted octanol–water partition coefficient (Wildman–Crippen LogP) is 6.92. The van der Waals surface area contributed by atoms with Gasteiger partial charge in [0.25, 0.3) is 5.91 Å². The van der Waals surface area contributed by atoms with Crippen molar-refractivity contribution < 1.29 is 14.4 Å². The third kappa shape index (κ3) is 5.26. The lowest BCUT2D eigenvalue weighted by Gasteiger charge is -2.59. The molecule has 8 rings (SSSR count). The van der Waals surface area contributed by atoms with Crippen LogP contribution in [0.3, 0.4) is 0 Å². The lowest BCUT2D eigenvalue weighted by molar-refractivity contribution is -0.136. The van der Waals surface area contributed by atoms with E-state index in [4.69, 9.17) is 0 Å². The highest BCUT2D eigenvalue weighted by atomic mass is 32.2. The molecule has 3 amide bonds. The van der Waals surface area contributed by atoms with Crippen LogP contribution in [0.4, 0.5) is 0 Å². The van der Waals surface area contributed by atoms with Gasteiger partial charge in [-0.2, -0.15) is 0 Å². The number of rotatable bonds is 9. The number of piperidine rings is 1. The van der Waals surface area contributed by atoms with Crippen LogP contribution in [0, 0.1) is 29.1 Å². The van der Waals surface area contributed by atoms with E-state index in [1.54, 1.807) is 16.7 Å². The minimum Gasteiger partial charge on any atom is -0.322 e. The van der Waals surface area contributed by atoms with Gasteiger partial charge in [0.05, 0.1) is 0 Å². The van der Waals surface area contributed by atoms with Crippen LogP contribution in [0.25, 0.3) is 0 Å². The summed E-state index contributed by atoms with van der Waals surface area (Å²) in [5.74, 6) is 4.08. The Morgan fingerprint density at radius 1 is 0.951 bits per heavy atom. The van der Waals surface area contributed by atoms with E-state index in [1.807, 2.05) is 12.1 Å². The van der Waals surface area contributed by atoms with Crippen LogP contribution in [0.5, 0.6) is 0 Å². The van der Waals surface area contributed by atoms with Gasteiger partial charge in [0.2, 0.25) is 11.8 Å². The summed E-state index contributed by atoms with van der Waals surface area (Å²) in [4.78, 5) is 39.8. The number of nitrogens with one attached hydrogen (secondary N) is 1. The summed E-state index contributed by atoms with van der Waals surface area (Å²) in [6.45, 7) is 2.98. The summed E-state index contributed by atoms with van der Waals surface area (Å²) < 4.78 is 0. The molecule has 216 valence electrons. The first-order chi connectivity index (χ1) is 19.9. The van der Waals surface area contributed by atoms with Gasteiger partial charge in [-0.3, -0.25) is 19.7 Å². The summed E-state index contributed by atoms with van der Waals surface area (Å²) in [7, 11) is 0. The standard InChI is InChI=1S/C35H42N2O3S/c1-22(35-17-25-14-26(18-35)16-27(15-25)19-35)4-2-5-23-8-10-24(11-9-23)21-41-31-7-3-6-28-29(31)20-37(34(28)40)30-12-13-32(38)36-33(30)39/h3,6-11,22,25-27,30H,2,4-5,12-21H2,1H3,(H,36,38,39). The van der Waals surface area contributed by atoms with E-state index >= 15 is 0 Å². The first-order valence-corrected chi connectivity index (χ1v) is 16.8. The fourth-order valence-electron chi connectivity index (χ4n) is 9.36. The van der Waals surface area contributed by atoms with Crippen molar-refractivity contribution in [1.29, 1.82) is 0 Å². The van der Waals surface area contributed by atoms with Gasteiger partial charge in [-0.25, -0.2) is 0 Å². The molecule has 1 saturated heterocycles. The molecule has 4 aliphatic carbocycles. The summed E-state index contributed by atoms with van der Waals surface area (Å²) >= 11 is 1.75. The minimum absolute atomic E-state index is 0.112. The van der Waals surface area contributed by atoms with Gasteiger partial charge >= 0.3 is 0 Å². The van der Waals surface area contributed by atoms with E-state index in [9.17, 15) is 14.4 Å². The summed E-state index contributed by atoms with van der Waals surface area (Å²) in [5, 5.41) is 2.39. The maximum absolute atomic E-state index is 13.1. The van der Waals surface area contributed by atoms with Gasteiger partial charge in [-0.1, -0.05) is 37.3 Å². The molecule has 4 bridgehead atoms. The molecular weight excluding hydrogens is 528 g/mol. The van der Waals surface area contributed by atoms with E-state index in [0.717, 1.165) is 46.3 Å². The van der Waals surface area contributed by atoms with E-state index < -0.39 is 6.04 Å². The molecule has 1 N–H and O–H groups in total. The Morgan fingerprint density at radius 3 is 2.32 bits per heavy atom. The number of hydrogen-bond donors (Lipinski definition) is 1. The Morgan fingerprint density at radius 2 is 1.63 bits per heavy atom. The number of amides is 3. The Bertz CT molecular complexity index is 1320. The highest BCUT2D eigenvalue weighted by Crippen LogP contribution is 2.63. The van der Waals surface area contributed by atoms with Crippen LogP contribution >= 0.6 is 11.8 Å². The molecule has 0 aromatic heterocycles. The van der Waals surface area contributed by atoms with Crippen molar-refractivity contribution in [2.75, 3.05) is 0 Å². The Kier molecular flexibility index (Phi) is 7.25. The van der Waals surface area contributed by atoms with Crippen molar-refractivity contribution in [3.05, 3.63) is 64.7 Å². The lowest BCUT2D eigenvalue weighted by atomic mass is 9.46. The summed E-state index contributed by atoms with van der Waals surface area (Å²) in [5.41, 5.74) is 5.05. The third-order valence-electron chi connectivity index (χ3n) is 11.2. The second-order valence-electron chi connectivity index (χ2n) is 13.9. The molecule has 6 heteroatoms. The van der Waals surface area contributed by atoms with Crippen molar-refractivity contribution in [2.45, 2.75) is 101 Å². The van der Waals surface area contributed by atoms with Gasteiger partial charge in [-0.15, -0.1) is 11.8 Å². The van der Waals surface area contributed by atoms with Gasteiger partial charge in [0, 0.05) is 29.2 Å². The fourth-order valence-corrected chi connectivity index (χ4v) is 10.4. The number of nitrogens with zero attached hydrogens (tertiary/aromatic N) is 1.